The summed E-state index contributed by atoms with van der Waals surface area (Å²) in [6, 6.07) is 0.561. The maximum Gasteiger partial charge on any atom is 0.268 e. The summed E-state index contributed by atoms with van der Waals surface area (Å²) in [6.07, 6.45) is 10.8. The molecule has 0 saturated heterocycles. The molecule has 4 rings (SSSR count). The van der Waals surface area contributed by atoms with Crippen LogP contribution in [-0.4, -0.2) is 50.8 Å². The van der Waals surface area contributed by atoms with Gasteiger partial charge in [-0.15, -0.1) is 10.2 Å². The second kappa shape index (κ2) is 8.06. The van der Waals surface area contributed by atoms with E-state index in [1.54, 1.807) is 32.8 Å². The van der Waals surface area contributed by atoms with E-state index in [4.69, 9.17) is 4.98 Å². The summed E-state index contributed by atoms with van der Waals surface area (Å²) < 4.78 is 1.98. The van der Waals surface area contributed by atoms with Crippen LogP contribution in [0.5, 0.6) is 0 Å². The van der Waals surface area contributed by atoms with Gasteiger partial charge in [0.05, 0.1) is 12.2 Å². The molecule has 1 amide bonds. The lowest BCUT2D eigenvalue weighted by Crippen LogP contribution is -2.42. The minimum Gasteiger partial charge on any atom is -0.382 e. The number of carbonyl (C=O) groups is 1. The van der Waals surface area contributed by atoms with Gasteiger partial charge in [0, 0.05) is 26.3 Å². The van der Waals surface area contributed by atoms with E-state index in [1.807, 2.05) is 4.57 Å². The van der Waals surface area contributed by atoms with Crippen molar-refractivity contribution in [2.45, 2.75) is 51.1 Å². The fourth-order valence-electron chi connectivity index (χ4n) is 4.24. The number of rotatable bonds is 6. The van der Waals surface area contributed by atoms with Crippen molar-refractivity contribution in [2.75, 3.05) is 24.3 Å². The highest BCUT2D eigenvalue weighted by atomic mass is 16.2. The van der Waals surface area contributed by atoms with Gasteiger partial charge < -0.3 is 20.9 Å². The molecule has 10 nitrogen and oxygen atoms in total. The van der Waals surface area contributed by atoms with Crippen molar-refractivity contribution in [3.05, 3.63) is 30.2 Å². The number of hydrogen-bond donors (Lipinski definition) is 3. The van der Waals surface area contributed by atoms with Crippen LogP contribution in [0.25, 0.3) is 5.69 Å². The second-order valence-corrected chi connectivity index (χ2v) is 7.26. The van der Waals surface area contributed by atoms with Crippen molar-refractivity contribution >= 4 is 17.7 Å². The number of hydrogen-bond acceptors (Lipinski definition) is 8. The minimum absolute atomic E-state index is 0.130. The molecule has 1 saturated carbocycles. The summed E-state index contributed by atoms with van der Waals surface area (Å²) in [7, 11) is 3.28. The first-order valence-electron chi connectivity index (χ1n) is 10.1. The molecule has 2 aliphatic rings. The summed E-state index contributed by atoms with van der Waals surface area (Å²) in [5.74, 6) is 2.04. The van der Waals surface area contributed by atoms with Gasteiger partial charge in [-0.2, -0.15) is 4.98 Å². The lowest BCUT2D eigenvalue weighted by molar-refractivity contribution is -0.117. The van der Waals surface area contributed by atoms with Gasteiger partial charge in [-0.1, -0.05) is 19.8 Å². The van der Waals surface area contributed by atoms with Crippen molar-refractivity contribution in [3.8, 4) is 5.69 Å². The molecule has 1 fully saturated rings. The Kier molecular flexibility index (Phi) is 5.32. The molecule has 1 aliphatic heterocycles. The van der Waals surface area contributed by atoms with Gasteiger partial charge in [0.15, 0.2) is 11.6 Å². The molecule has 10 heteroatoms. The molecule has 0 bridgehead atoms. The summed E-state index contributed by atoms with van der Waals surface area (Å²) >= 11 is 0. The molecule has 0 spiro atoms. The number of carbonyl (C=O) groups excluding carboxylic acids is 1. The van der Waals surface area contributed by atoms with E-state index < -0.39 is 0 Å². The Labute approximate surface area is 169 Å². The Morgan fingerprint density at radius 3 is 2.76 bits per heavy atom. The zero-order valence-electron chi connectivity index (χ0n) is 17.0. The maximum atomic E-state index is 11.9. The molecule has 3 heterocycles. The van der Waals surface area contributed by atoms with Gasteiger partial charge in [-0.3, -0.25) is 9.36 Å². The molecule has 2 aromatic heterocycles. The monoisotopic (exact) mass is 397 g/mol. The van der Waals surface area contributed by atoms with Gasteiger partial charge in [-0.05, 0) is 19.3 Å². The van der Waals surface area contributed by atoms with Crippen molar-refractivity contribution in [1.29, 1.82) is 0 Å². The van der Waals surface area contributed by atoms with Crippen LogP contribution in [0, 0.1) is 0 Å². The van der Waals surface area contributed by atoms with Crippen LogP contribution in [0.2, 0.25) is 0 Å². The number of nitrogens with zero attached hydrogens (tertiary/aromatic N) is 6. The molecule has 1 atom stereocenters. The largest absolute Gasteiger partial charge is 0.382 e. The van der Waals surface area contributed by atoms with E-state index in [-0.39, 0.29) is 11.9 Å². The standard InChI is InChI=1S/C19H27N9O/c1-4-14-17-26-24-11-27(17)15-10-23-19(22-9-13(20-2)18(29)21-3)25-16(15)28(14)12-7-5-6-8-12/h9-12,14,20H,4-8H2,1-3H3,(H,21,29)(H,22,23,25)/b13-9-/t14-/m1/s1. The number of aromatic nitrogens is 5. The topological polar surface area (TPSA) is 113 Å². The van der Waals surface area contributed by atoms with E-state index >= 15 is 0 Å². The van der Waals surface area contributed by atoms with Gasteiger partial charge in [0.2, 0.25) is 5.95 Å². The Bertz CT molecular complexity index is 916. The SMILES string of the molecule is CC[C@@H]1c2nncn2-c2cnc(N/C=C(\NC)C(=O)NC)nc2N1C1CCCC1. The third-order valence-electron chi connectivity index (χ3n) is 5.65. The smallest absolute Gasteiger partial charge is 0.268 e. The summed E-state index contributed by atoms with van der Waals surface area (Å²) in [4.78, 5) is 23.5. The Morgan fingerprint density at radius 2 is 2.07 bits per heavy atom. The van der Waals surface area contributed by atoms with Gasteiger partial charge in [0.25, 0.3) is 5.91 Å². The van der Waals surface area contributed by atoms with Crippen LogP contribution in [0.3, 0.4) is 0 Å². The fourth-order valence-corrected chi connectivity index (χ4v) is 4.24. The van der Waals surface area contributed by atoms with E-state index in [9.17, 15) is 4.79 Å². The summed E-state index contributed by atoms with van der Waals surface area (Å²) in [6.45, 7) is 2.17. The van der Waals surface area contributed by atoms with Crippen LogP contribution in [0.15, 0.2) is 24.4 Å². The van der Waals surface area contributed by atoms with Crippen LogP contribution < -0.4 is 20.9 Å². The molecule has 3 N–H and O–H groups in total. The fraction of sp³-hybridized carbons (Fsp3) is 0.526. The molecule has 0 radical (unpaired) electrons. The molecule has 0 unspecified atom stereocenters. The van der Waals surface area contributed by atoms with Crippen LogP contribution in [-0.2, 0) is 4.79 Å². The predicted octanol–water partition coefficient (Wildman–Crippen LogP) is 1.49. The molecule has 1 aliphatic carbocycles. The zero-order chi connectivity index (χ0) is 20.4. The maximum absolute atomic E-state index is 11.9. The number of anilines is 2. The molecule has 154 valence electrons. The second-order valence-electron chi connectivity index (χ2n) is 7.26. The summed E-state index contributed by atoms with van der Waals surface area (Å²) in [5.41, 5.74) is 1.28. The third kappa shape index (κ3) is 3.39. The van der Waals surface area contributed by atoms with Gasteiger partial charge in [0.1, 0.15) is 17.7 Å². The van der Waals surface area contributed by atoms with Crippen molar-refractivity contribution in [3.63, 3.8) is 0 Å². The molecule has 2 aromatic rings. The first kappa shape index (κ1) is 19.2. The van der Waals surface area contributed by atoms with Gasteiger partial charge in [-0.25, -0.2) is 4.98 Å². The number of amides is 1. The van der Waals surface area contributed by atoms with E-state index in [0.717, 1.165) is 36.6 Å². The third-order valence-corrected chi connectivity index (χ3v) is 5.65. The first-order valence-corrected chi connectivity index (χ1v) is 10.1. The summed E-state index contributed by atoms with van der Waals surface area (Å²) in [5, 5.41) is 17.0. The zero-order valence-corrected chi connectivity index (χ0v) is 17.0. The highest BCUT2D eigenvalue weighted by molar-refractivity contribution is 5.92. The van der Waals surface area contributed by atoms with E-state index in [0.29, 0.717) is 17.7 Å². The molecule has 0 aromatic carbocycles. The average molecular weight is 397 g/mol. The van der Waals surface area contributed by atoms with Crippen molar-refractivity contribution in [1.82, 2.24) is 35.4 Å². The predicted molar refractivity (Wildman–Crippen MR) is 110 cm³/mol. The highest BCUT2D eigenvalue weighted by Crippen LogP contribution is 2.42. The molecular weight excluding hydrogens is 370 g/mol. The van der Waals surface area contributed by atoms with Crippen LogP contribution in [0.4, 0.5) is 11.8 Å². The van der Waals surface area contributed by atoms with E-state index in [2.05, 4.69) is 43.0 Å². The van der Waals surface area contributed by atoms with E-state index in [1.165, 1.54) is 12.8 Å². The van der Waals surface area contributed by atoms with Crippen LogP contribution in [0.1, 0.15) is 50.9 Å². The van der Waals surface area contributed by atoms with Crippen molar-refractivity contribution in [2.24, 2.45) is 0 Å². The van der Waals surface area contributed by atoms with Crippen LogP contribution >= 0.6 is 0 Å². The Balaban J connectivity index is 1.73. The number of nitrogens with one attached hydrogen (secondary N) is 3. The van der Waals surface area contributed by atoms with Crippen molar-refractivity contribution < 1.29 is 4.79 Å². The molecule has 29 heavy (non-hydrogen) atoms. The Hall–Kier alpha value is -3.17. The Morgan fingerprint density at radius 1 is 1.28 bits per heavy atom. The number of likely N-dealkylation sites (N-methyl/N-ethyl adjacent to an activating group) is 2. The highest BCUT2D eigenvalue weighted by Gasteiger charge is 2.38. The quantitative estimate of drug-likeness (QED) is 0.629. The average Bonchev–Trinajstić information content (AvgIpc) is 3.44. The normalized spacial score (nSPS) is 18.9. The lowest BCUT2D eigenvalue weighted by atomic mass is 10.0. The lowest BCUT2D eigenvalue weighted by Gasteiger charge is -2.40. The van der Waals surface area contributed by atoms with Gasteiger partial charge >= 0.3 is 0 Å². The first-order chi connectivity index (χ1) is 14.2. The number of fused-ring (bicyclic) bond motifs is 3. The minimum atomic E-state index is -0.217. The molecular formula is C19H27N9O.